The summed E-state index contributed by atoms with van der Waals surface area (Å²) in [5.41, 5.74) is 0. The summed E-state index contributed by atoms with van der Waals surface area (Å²) in [7, 11) is 3.38. The Labute approximate surface area is 88.7 Å². The van der Waals surface area contributed by atoms with Gasteiger partial charge in [-0.2, -0.15) is 0 Å². The number of carbonyl (C=O) groups excluding carboxylic acids is 1. The third-order valence-corrected chi connectivity index (χ3v) is 2.87. The van der Waals surface area contributed by atoms with E-state index in [1.807, 2.05) is 17.8 Å². The summed E-state index contributed by atoms with van der Waals surface area (Å²) >= 11 is 0. The number of aryl methyl sites for hydroxylation is 1. The number of ether oxygens (including phenoxy) is 1. The first-order valence-electron chi connectivity index (χ1n) is 5.00. The molecule has 5 nitrogen and oxygen atoms in total. The van der Waals surface area contributed by atoms with Crippen molar-refractivity contribution in [2.24, 2.45) is 7.05 Å². The summed E-state index contributed by atoms with van der Waals surface area (Å²) in [5, 5.41) is 0. The maximum atomic E-state index is 11.3. The molecule has 5 heteroatoms. The molecule has 15 heavy (non-hydrogen) atoms. The molecule has 0 amide bonds. The Kier molecular flexibility index (Phi) is 2.73. The molecule has 82 valence electrons. The molecule has 1 aliphatic rings. The highest BCUT2D eigenvalue weighted by Crippen LogP contribution is 2.20. The topological polar surface area (TPSA) is 47.4 Å². The van der Waals surface area contributed by atoms with Crippen LogP contribution < -0.4 is 0 Å². The molecule has 1 aromatic heterocycles. The average molecular weight is 209 g/mol. The number of imidazole rings is 1. The lowest BCUT2D eigenvalue weighted by Crippen LogP contribution is -2.52. The molecule has 2 rings (SSSR count). The number of carbonyl (C=O) groups is 1. The van der Waals surface area contributed by atoms with Crippen molar-refractivity contribution in [3.63, 3.8) is 0 Å². The average Bonchev–Trinajstić information content (AvgIpc) is 2.58. The predicted molar refractivity (Wildman–Crippen MR) is 54.0 cm³/mol. The third-order valence-electron chi connectivity index (χ3n) is 2.87. The van der Waals surface area contributed by atoms with Crippen molar-refractivity contribution in [3.8, 4) is 0 Å². The molecule has 1 saturated heterocycles. The number of hydrogen-bond donors (Lipinski definition) is 0. The maximum absolute atomic E-state index is 11.3. The molecular weight excluding hydrogens is 194 g/mol. The summed E-state index contributed by atoms with van der Waals surface area (Å²) in [6.07, 6.45) is 4.56. The lowest BCUT2D eigenvalue weighted by atomic mass is 10.0. The molecule has 0 N–H and O–H groups in total. The first kappa shape index (κ1) is 10.2. The Morgan fingerprint density at radius 3 is 3.00 bits per heavy atom. The van der Waals surface area contributed by atoms with Gasteiger partial charge in [0.2, 0.25) is 0 Å². The van der Waals surface area contributed by atoms with Crippen LogP contribution in [0.4, 0.5) is 0 Å². The van der Waals surface area contributed by atoms with Crippen molar-refractivity contribution in [1.29, 1.82) is 0 Å². The van der Waals surface area contributed by atoms with Crippen LogP contribution in [0.3, 0.4) is 0 Å². The van der Waals surface area contributed by atoms with E-state index in [9.17, 15) is 4.79 Å². The van der Waals surface area contributed by atoms with Gasteiger partial charge in [0, 0.05) is 26.0 Å². The molecule has 0 aliphatic carbocycles. The first-order chi connectivity index (χ1) is 7.22. The standard InChI is InChI=1S/C10H15N3O2/c1-12-6-4-11-9(12)7-13-5-3-8(13)10(14)15-2/h4,6,8H,3,5,7H2,1-2H3. The number of aromatic nitrogens is 2. The Balaban J connectivity index is 1.96. The molecule has 0 aromatic carbocycles. The summed E-state index contributed by atoms with van der Waals surface area (Å²) in [6, 6.07) is -0.0771. The van der Waals surface area contributed by atoms with E-state index >= 15 is 0 Å². The fraction of sp³-hybridized carbons (Fsp3) is 0.600. The van der Waals surface area contributed by atoms with Gasteiger partial charge in [0.15, 0.2) is 0 Å². The molecule has 1 fully saturated rings. The molecule has 0 radical (unpaired) electrons. The Morgan fingerprint density at radius 2 is 2.53 bits per heavy atom. The zero-order valence-electron chi connectivity index (χ0n) is 9.01. The van der Waals surface area contributed by atoms with Gasteiger partial charge in [-0.25, -0.2) is 4.98 Å². The van der Waals surface area contributed by atoms with Gasteiger partial charge in [0.1, 0.15) is 11.9 Å². The molecule has 1 unspecified atom stereocenters. The van der Waals surface area contributed by atoms with E-state index in [0.717, 1.165) is 18.8 Å². The maximum Gasteiger partial charge on any atom is 0.323 e. The van der Waals surface area contributed by atoms with Crippen molar-refractivity contribution in [1.82, 2.24) is 14.5 Å². The summed E-state index contributed by atoms with van der Waals surface area (Å²) < 4.78 is 6.69. The van der Waals surface area contributed by atoms with Gasteiger partial charge in [-0.1, -0.05) is 0 Å². The first-order valence-corrected chi connectivity index (χ1v) is 5.00. The molecule has 1 aromatic rings. The van der Waals surface area contributed by atoms with Crippen molar-refractivity contribution < 1.29 is 9.53 Å². The van der Waals surface area contributed by atoms with Crippen LogP contribution in [0, 0.1) is 0 Å². The highest BCUT2D eigenvalue weighted by Gasteiger charge is 2.35. The van der Waals surface area contributed by atoms with Crippen molar-refractivity contribution in [2.75, 3.05) is 13.7 Å². The van der Waals surface area contributed by atoms with Crippen LogP contribution in [0.2, 0.25) is 0 Å². The summed E-state index contributed by atoms with van der Waals surface area (Å²) in [4.78, 5) is 17.6. The molecule has 1 aliphatic heterocycles. The van der Waals surface area contributed by atoms with Crippen LogP contribution in [-0.4, -0.2) is 40.1 Å². The van der Waals surface area contributed by atoms with Gasteiger partial charge < -0.3 is 9.30 Å². The number of likely N-dealkylation sites (tertiary alicyclic amines) is 1. The van der Waals surface area contributed by atoms with Gasteiger partial charge >= 0.3 is 5.97 Å². The highest BCUT2D eigenvalue weighted by molar-refractivity contribution is 5.76. The van der Waals surface area contributed by atoms with Gasteiger partial charge in [-0.05, 0) is 6.42 Å². The fourth-order valence-corrected chi connectivity index (χ4v) is 1.76. The van der Waals surface area contributed by atoms with Crippen molar-refractivity contribution >= 4 is 5.97 Å². The number of esters is 1. The van der Waals surface area contributed by atoms with E-state index in [4.69, 9.17) is 4.74 Å². The van der Waals surface area contributed by atoms with Crippen LogP contribution in [0.15, 0.2) is 12.4 Å². The molecule has 0 bridgehead atoms. The van der Waals surface area contributed by atoms with Crippen molar-refractivity contribution in [3.05, 3.63) is 18.2 Å². The number of rotatable bonds is 3. The Morgan fingerprint density at radius 1 is 1.73 bits per heavy atom. The zero-order chi connectivity index (χ0) is 10.8. The lowest BCUT2D eigenvalue weighted by Gasteiger charge is -2.38. The quantitative estimate of drug-likeness (QED) is 0.666. The zero-order valence-corrected chi connectivity index (χ0v) is 9.01. The Hall–Kier alpha value is -1.36. The third kappa shape index (κ3) is 1.87. The van der Waals surface area contributed by atoms with Gasteiger partial charge in [0.25, 0.3) is 0 Å². The fourth-order valence-electron chi connectivity index (χ4n) is 1.76. The number of nitrogens with zero attached hydrogens (tertiary/aromatic N) is 3. The second-order valence-corrected chi connectivity index (χ2v) is 3.75. The van der Waals surface area contributed by atoms with Crippen molar-refractivity contribution in [2.45, 2.75) is 19.0 Å². The monoisotopic (exact) mass is 209 g/mol. The van der Waals surface area contributed by atoms with E-state index in [1.54, 1.807) is 6.20 Å². The molecular formula is C10H15N3O2. The van der Waals surface area contributed by atoms with Gasteiger partial charge in [-0.15, -0.1) is 0 Å². The minimum atomic E-state index is -0.143. The van der Waals surface area contributed by atoms with Crippen LogP contribution in [-0.2, 0) is 23.1 Å². The lowest BCUT2D eigenvalue weighted by molar-refractivity contribution is -0.152. The molecule has 1 atom stereocenters. The predicted octanol–water partition coefficient (Wildman–Crippen LogP) is 0.167. The normalized spacial score (nSPS) is 21.1. The van der Waals surface area contributed by atoms with E-state index < -0.39 is 0 Å². The van der Waals surface area contributed by atoms with Crippen LogP contribution in [0.25, 0.3) is 0 Å². The summed E-state index contributed by atoms with van der Waals surface area (Å²) in [6.45, 7) is 1.65. The van der Waals surface area contributed by atoms with E-state index in [-0.39, 0.29) is 12.0 Å². The Bertz CT molecular complexity index is 361. The number of methoxy groups -OCH3 is 1. The van der Waals surface area contributed by atoms with Crippen LogP contribution >= 0.6 is 0 Å². The number of hydrogen-bond acceptors (Lipinski definition) is 4. The SMILES string of the molecule is COC(=O)C1CCN1Cc1nccn1C. The smallest absolute Gasteiger partial charge is 0.323 e. The minimum absolute atomic E-state index is 0.0771. The van der Waals surface area contributed by atoms with Crippen LogP contribution in [0.5, 0.6) is 0 Å². The highest BCUT2D eigenvalue weighted by atomic mass is 16.5. The molecule has 2 heterocycles. The molecule has 0 saturated carbocycles. The second-order valence-electron chi connectivity index (χ2n) is 3.75. The minimum Gasteiger partial charge on any atom is -0.468 e. The summed E-state index contributed by atoms with van der Waals surface area (Å²) in [5.74, 6) is 0.832. The van der Waals surface area contributed by atoms with Gasteiger partial charge in [0.05, 0.1) is 13.7 Å². The van der Waals surface area contributed by atoms with Gasteiger partial charge in [-0.3, -0.25) is 9.69 Å². The molecule has 0 spiro atoms. The van der Waals surface area contributed by atoms with E-state index in [1.165, 1.54) is 7.11 Å². The van der Waals surface area contributed by atoms with E-state index in [0.29, 0.717) is 6.54 Å². The second kappa shape index (κ2) is 4.02. The van der Waals surface area contributed by atoms with E-state index in [2.05, 4.69) is 9.88 Å². The largest absolute Gasteiger partial charge is 0.468 e. The van der Waals surface area contributed by atoms with Crippen LogP contribution in [0.1, 0.15) is 12.2 Å².